The van der Waals surface area contributed by atoms with Gasteiger partial charge in [0.15, 0.2) is 6.61 Å². The molecule has 0 aromatic heterocycles. The van der Waals surface area contributed by atoms with Crippen LogP contribution in [-0.4, -0.2) is 12.5 Å². The molecular formula is C16H15Br2NO2. The number of ether oxygens (including phenoxy) is 1. The summed E-state index contributed by atoms with van der Waals surface area (Å²) in [7, 11) is 0. The average molecular weight is 413 g/mol. The van der Waals surface area contributed by atoms with Gasteiger partial charge in [-0.25, -0.2) is 0 Å². The van der Waals surface area contributed by atoms with Crippen molar-refractivity contribution in [3.8, 4) is 5.75 Å². The molecule has 0 bridgehead atoms. The van der Waals surface area contributed by atoms with Crippen molar-refractivity contribution >= 4 is 43.5 Å². The Hall–Kier alpha value is -1.33. The molecular weight excluding hydrogens is 398 g/mol. The van der Waals surface area contributed by atoms with Crippen LogP contribution in [0.2, 0.25) is 0 Å². The Balaban J connectivity index is 2.01. The Morgan fingerprint density at radius 2 is 1.76 bits per heavy atom. The van der Waals surface area contributed by atoms with Crippen LogP contribution < -0.4 is 10.1 Å². The third-order valence-corrected chi connectivity index (χ3v) is 4.15. The standard InChI is InChI=1S/C16H15Br2NO2/c1-10-7-12(17)16(13(18)8-10)19-15(20)9-21-14-6-4-3-5-11(14)2/h3-8H,9H2,1-2H3,(H,19,20). The first-order chi connectivity index (χ1) is 9.97. The first-order valence-corrected chi connectivity index (χ1v) is 8.00. The summed E-state index contributed by atoms with van der Waals surface area (Å²) in [5, 5.41) is 2.84. The van der Waals surface area contributed by atoms with Gasteiger partial charge in [0, 0.05) is 8.95 Å². The highest BCUT2D eigenvalue weighted by Crippen LogP contribution is 2.32. The Morgan fingerprint density at radius 1 is 1.14 bits per heavy atom. The lowest BCUT2D eigenvalue weighted by Gasteiger charge is -2.12. The Bertz CT molecular complexity index is 648. The van der Waals surface area contributed by atoms with E-state index in [2.05, 4.69) is 37.2 Å². The van der Waals surface area contributed by atoms with E-state index in [4.69, 9.17) is 4.74 Å². The van der Waals surface area contributed by atoms with Gasteiger partial charge in [-0.05, 0) is 75.0 Å². The molecule has 21 heavy (non-hydrogen) atoms. The average Bonchev–Trinajstić information content (AvgIpc) is 2.42. The van der Waals surface area contributed by atoms with E-state index in [-0.39, 0.29) is 12.5 Å². The maximum atomic E-state index is 12.0. The second kappa shape index (κ2) is 7.09. The van der Waals surface area contributed by atoms with E-state index in [1.807, 2.05) is 50.2 Å². The lowest BCUT2D eigenvalue weighted by atomic mass is 10.2. The minimum atomic E-state index is -0.205. The number of hydrogen-bond acceptors (Lipinski definition) is 2. The zero-order chi connectivity index (χ0) is 15.4. The lowest BCUT2D eigenvalue weighted by Crippen LogP contribution is -2.21. The molecule has 1 amide bonds. The molecule has 0 atom stereocenters. The highest BCUT2D eigenvalue weighted by atomic mass is 79.9. The quantitative estimate of drug-likeness (QED) is 0.779. The number of rotatable bonds is 4. The first-order valence-electron chi connectivity index (χ1n) is 6.41. The third-order valence-electron chi connectivity index (χ3n) is 2.90. The SMILES string of the molecule is Cc1cc(Br)c(NC(=O)COc2ccccc2C)c(Br)c1. The number of nitrogens with one attached hydrogen (secondary N) is 1. The molecule has 0 radical (unpaired) electrons. The molecule has 0 aliphatic rings. The van der Waals surface area contributed by atoms with Crippen molar-refractivity contribution in [2.45, 2.75) is 13.8 Å². The van der Waals surface area contributed by atoms with Gasteiger partial charge in [0.05, 0.1) is 5.69 Å². The molecule has 0 saturated heterocycles. The zero-order valence-electron chi connectivity index (χ0n) is 11.7. The van der Waals surface area contributed by atoms with Crippen molar-refractivity contribution in [2.24, 2.45) is 0 Å². The van der Waals surface area contributed by atoms with Crippen LogP contribution >= 0.6 is 31.9 Å². The molecule has 1 N–H and O–H groups in total. The number of amides is 1. The molecule has 0 saturated carbocycles. The van der Waals surface area contributed by atoms with Gasteiger partial charge in [-0.1, -0.05) is 18.2 Å². The van der Waals surface area contributed by atoms with Gasteiger partial charge in [-0.2, -0.15) is 0 Å². The van der Waals surface area contributed by atoms with Gasteiger partial charge in [0.1, 0.15) is 5.75 Å². The van der Waals surface area contributed by atoms with Gasteiger partial charge in [0.25, 0.3) is 5.91 Å². The third kappa shape index (κ3) is 4.32. The van der Waals surface area contributed by atoms with Crippen LogP contribution in [0.3, 0.4) is 0 Å². The van der Waals surface area contributed by atoms with Gasteiger partial charge >= 0.3 is 0 Å². The van der Waals surface area contributed by atoms with Crippen molar-refractivity contribution in [3.63, 3.8) is 0 Å². The van der Waals surface area contributed by atoms with Crippen molar-refractivity contribution in [1.29, 1.82) is 0 Å². The van der Waals surface area contributed by atoms with Gasteiger partial charge in [0.2, 0.25) is 0 Å². The Morgan fingerprint density at radius 3 is 2.38 bits per heavy atom. The molecule has 0 unspecified atom stereocenters. The summed E-state index contributed by atoms with van der Waals surface area (Å²) in [5.41, 5.74) is 2.81. The number of para-hydroxylation sites is 1. The van der Waals surface area contributed by atoms with E-state index in [0.717, 1.165) is 25.8 Å². The van der Waals surface area contributed by atoms with Crippen molar-refractivity contribution in [2.75, 3.05) is 11.9 Å². The van der Waals surface area contributed by atoms with E-state index >= 15 is 0 Å². The van der Waals surface area contributed by atoms with Crippen LogP contribution in [0.15, 0.2) is 45.3 Å². The fraction of sp³-hybridized carbons (Fsp3) is 0.188. The van der Waals surface area contributed by atoms with Crippen molar-refractivity contribution in [1.82, 2.24) is 0 Å². The number of benzene rings is 2. The number of hydrogen-bond donors (Lipinski definition) is 1. The van der Waals surface area contributed by atoms with Crippen LogP contribution in [0.5, 0.6) is 5.75 Å². The number of aryl methyl sites for hydroxylation is 2. The highest BCUT2D eigenvalue weighted by molar-refractivity contribution is 9.11. The first kappa shape index (κ1) is 16.0. The summed E-state index contributed by atoms with van der Waals surface area (Å²) >= 11 is 6.90. The molecule has 0 aliphatic carbocycles. The predicted molar refractivity (Wildman–Crippen MR) is 91.9 cm³/mol. The lowest BCUT2D eigenvalue weighted by molar-refractivity contribution is -0.118. The van der Waals surface area contributed by atoms with Gasteiger partial charge in [-0.15, -0.1) is 0 Å². The molecule has 0 aliphatic heterocycles. The maximum absolute atomic E-state index is 12.0. The summed E-state index contributed by atoms with van der Waals surface area (Å²) < 4.78 is 7.20. The second-order valence-electron chi connectivity index (χ2n) is 4.71. The number of anilines is 1. The van der Waals surface area contributed by atoms with Crippen LogP contribution in [0, 0.1) is 13.8 Å². The van der Waals surface area contributed by atoms with Crippen LogP contribution in [0.25, 0.3) is 0 Å². The van der Waals surface area contributed by atoms with Crippen LogP contribution in [-0.2, 0) is 4.79 Å². The number of halogens is 2. The maximum Gasteiger partial charge on any atom is 0.262 e. The number of carbonyl (C=O) groups is 1. The van der Waals surface area contributed by atoms with Crippen LogP contribution in [0.1, 0.15) is 11.1 Å². The summed E-state index contributed by atoms with van der Waals surface area (Å²) in [5.74, 6) is 0.512. The minimum Gasteiger partial charge on any atom is -0.483 e. The van der Waals surface area contributed by atoms with E-state index in [1.165, 1.54) is 0 Å². The highest BCUT2D eigenvalue weighted by Gasteiger charge is 2.11. The largest absolute Gasteiger partial charge is 0.483 e. The Kier molecular flexibility index (Phi) is 5.42. The fourth-order valence-corrected chi connectivity index (χ4v) is 3.47. The molecule has 110 valence electrons. The zero-order valence-corrected chi connectivity index (χ0v) is 14.9. The van der Waals surface area contributed by atoms with Gasteiger partial charge in [-0.3, -0.25) is 4.79 Å². The molecule has 2 rings (SSSR count). The van der Waals surface area contributed by atoms with E-state index in [0.29, 0.717) is 5.69 Å². The molecule has 3 nitrogen and oxygen atoms in total. The molecule has 5 heteroatoms. The molecule has 0 fully saturated rings. The van der Waals surface area contributed by atoms with Crippen LogP contribution in [0.4, 0.5) is 5.69 Å². The topological polar surface area (TPSA) is 38.3 Å². The molecule has 0 heterocycles. The Labute approximate surface area is 141 Å². The summed E-state index contributed by atoms with van der Waals surface area (Å²) in [6.07, 6.45) is 0. The molecule has 2 aromatic rings. The summed E-state index contributed by atoms with van der Waals surface area (Å²) in [6.45, 7) is 3.90. The minimum absolute atomic E-state index is 0.0301. The molecule has 2 aromatic carbocycles. The monoisotopic (exact) mass is 411 g/mol. The van der Waals surface area contributed by atoms with Gasteiger partial charge < -0.3 is 10.1 Å². The molecule has 0 spiro atoms. The van der Waals surface area contributed by atoms with E-state index in [9.17, 15) is 4.79 Å². The smallest absolute Gasteiger partial charge is 0.262 e. The second-order valence-corrected chi connectivity index (χ2v) is 6.41. The summed E-state index contributed by atoms with van der Waals surface area (Å²) in [4.78, 5) is 12.0. The summed E-state index contributed by atoms with van der Waals surface area (Å²) in [6, 6.07) is 11.5. The van der Waals surface area contributed by atoms with Crippen molar-refractivity contribution < 1.29 is 9.53 Å². The fourth-order valence-electron chi connectivity index (χ4n) is 1.86. The number of carbonyl (C=O) groups excluding carboxylic acids is 1. The van der Waals surface area contributed by atoms with E-state index in [1.54, 1.807) is 0 Å². The van der Waals surface area contributed by atoms with E-state index < -0.39 is 0 Å². The predicted octanol–water partition coefficient (Wildman–Crippen LogP) is 4.85. The normalized spacial score (nSPS) is 10.3. The van der Waals surface area contributed by atoms with Crippen molar-refractivity contribution in [3.05, 3.63) is 56.5 Å².